The van der Waals surface area contributed by atoms with Crippen molar-refractivity contribution in [2.45, 2.75) is 39.7 Å². The quantitative estimate of drug-likeness (QED) is 0.832. The number of amides is 1. The number of hydrogen-bond donors (Lipinski definition) is 1. The van der Waals surface area contributed by atoms with Crippen LogP contribution >= 0.6 is 0 Å². The van der Waals surface area contributed by atoms with E-state index in [9.17, 15) is 13.2 Å². The highest BCUT2D eigenvalue weighted by Crippen LogP contribution is 2.19. The van der Waals surface area contributed by atoms with Crippen molar-refractivity contribution in [2.75, 3.05) is 26.0 Å². The second-order valence-corrected chi connectivity index (χ2v) is 8.91. The van der Waals surface area contributed by atoms with Crippen molar-refractivity contribution >= 4 is 15.9 Å². The summed E-state index contributed by atoms with van der Waals surface area (Å²) in [6.07, 6.45) is 2.61. The van der Waals surface area contributed by atoms with E-state index in [0.717, 1.165) is 11.3 Å². The molecule has 1 amide bonds. The molecule has 0 radical (unpaired) electrons. The van der Waals surface area contributed by atoms with Gasteiger partial charge in [-0.1, -0.05) is 6.07 Å². The normalized spacial score (nSPS) is 20.1. The molecular weight excluding hydrogens is 340 g/mol. The van der Waals surface area contributed by atoms with E-state index in [-0.39, 0.29) is 24.4 Å². The lowest BCUT2D eigenvalue weighted by atomic mass is 9.98. The van der Waals surface area contributed by atoms with Crippen molar-refractivity contribution in [3.05, 3.63) is 29.3 Å². The van der Waals surface area contributed by atoms with Gasteiger partial charge in [-0.25, -0.2) is 12.7 Å². The second-order valence-electron chi connectivity index (χ2n) is 6.93. The number of rotatable bonds is 6. The van der Waals surface area contributed by atoms with Gasteiger partial charge >= 0.3 is 0 Å². The van der Waals surface area contributed by atoms with Gasteiger partial charge in [0.1, 0.15) is 12.4 Å². The summed E-state index contributed by atoms with van der Waals surface area (Å²) >= 11 is 0. The number of carbonyl (C=O) groups is 1. The van der Waals surface area contributed by atoms with Crippen LogP contribution in [-0.4, -0.2) is 50.6 Å². The smallest absolute Gasteiger partial charge is 0.224 e. The molecule has 1 N–H and O–H groups in total. The Morgan fingerprint density at radius 2 is 2.08 bits per heavy atom. The Morgan fingerprint density at radius 3 is 2.72 bits per heavy atom. The van der Waals surface area contributed by atoms with E-state index in [2.05, 4.69) is 5.32 Å². The van der Waals surface area contributed by atoms with Gasteiger partial charge in [0.25, 0.3) is 0 Å². The molecule has 6 nitrogen and oxygen atoms in total. The summed E-state index contributed by atoms with van der Waals surface area (Å²) in [5.41, 5.74) is 2.37. The maximum absolute atomic E-state index is 12.4. The molecule has 0 unspecified atom stereocenters. The van der Waals surface area contributed by atoms with Crippen LogP contribution in [0.15, 0.2) is 18.2 Å². The fraction of sp³-hybridized carbons (Fsp3) is 0.611. The number of aryl methyl sites for hydroxylation is 2. The third kappa shape index (κ3) is 5.71. The number of sulfonamides is 1. The molecule has 1 saturated heterocycles. The Balaban J connectivity index is 1.84. The fourth-order valence-electron chi connectivity index (χ4n) is 2.88. The SMILES string of the molecule is Cc1ccc(OC[C@@H](C)NC(=O)[C@@H]2CCCN(S(C)(=O)=O)C2)cc1C. The molecule has 1 aliphatic rings. The number of hydrogen-bond acceptors (Lipinski definition) is 4. The van der Waals surface area contributed by atoms with Crippen LogP contribution in [0.5, 0.6) is 5.75 Å². The van der Waals surface area contributed by atoms with Crippen molar-refractivity contribution in [3.63, 3.8) is 0 Å². The van der Waals surface area contributed by atoms with Crippen LogP contribution in [0.3, 0.4) is 0 Å². The van der Waals surface area contributed by atoms with Crippen molar-refractivity contribution in [1.29, 1.82) is 0 Å². The van der Waals surface area contributed by atoms with E-state index >= 15 is 0 Å². The number of ether oxygens (including phenoxy) is 1. The van der Waals surface area contributed by atoms with Crippen LogP contribution < -0.4 is 10.1 Å². The Bertz CT molecular complexity index is 718. The maximum atomic E-state index is 12.4. The van der Waals surface area contributed by atoms with Gasteiger partial charge in [0, 0.05) is 13.1 Å². The Hall–Kier alpha value is -1.60. The molecule has 1 aliphatic heterocycles. The highest BCUT2D eigenvalue weighted by molar-refractivity contribution is 7.88. The van der Waals surface area contributed by atoms with E-state index in [1.807, 2.05) is 39.0 Å². The average Bonchev–Trinajstić information content (AvgIpc) is 2.55. The summed E-state index contributed by atoms with van der Waals surface area (Å²) in [7, 11) is -3.25. The predicted octanol–water partition coefficient (Wildman–Crippen LogP) is 1.86. The second kappa shape index (κ2) is 8.19. The van der Waals surface area contributed by atoms with E-state index in [0.29, 0.717) is 26.0 Å². The molecule has 0 spiro atoms. The standard InChI is InChI=1S/C18H28N2O4S/c1-13-7-8-17(10-14(13)2)24-12-15(3)19-18(21)16-6-5-9-20(11-16)25(4,22)23/h7-8,10,15-16H,5-6,9,11-12H2,1-4H3,(H,19,21)/t15-,16-/m1/s1. The molecule has 1 aromatic carbocycles. The molecule has 0 aliphatic carbocycles. The Morgan fingerprint density at radius 1 is 1.36 bits per heavy atom. The van der Waals surface area contributed by atoms with E-state index in [1.54, 1.807) is 0 Å². The lowest BCUT2D eigenvalue weighted by molar-refractivity contribution is -0.126. The van der Waals surface area contributed by atoms with Crippen LogP contribution in [0.4, 0.5) is 0 Å². The summed E-state index contributed by atoms with van der Waals surface area (Å²) in [4.78, 5) is 12.4. The minimum absolute atomic E-state index is 0.107. The van der Waals surface area contributed by atoms with Crippen LogP contribution in [0.1, 0.15) is 30.9 Å². The van der Waals surface area contributed by atoms with Crippen molar-refractivity contribution < 1.29 is 17.9 Å². The molecule has 1 fully saturated rings. The lowest BCUT2D eigenvalue weighted by Crippen LogP contribution is -2.47. The minimum atomic E-state index is -3.25. The molecule has 2 atom stereocenters. The Kier molecular flexibility index (Phi) is 6.46. The molecular formula is C18H28N2O4S. The predicted molar refractivity (Wildman–Crippen MR) is 98.2 cm³/mol. The highest BCUT2D eigenvalue weighted by Gasteiger charge is 2.30. The first-order valence-electron chi connectivity index (χ1n) is 8.62. The number of piperidine rings is 1. The maximum Gasteiger partial charge on any atom is 0.224 e. The molecule has 0 aromatic heterocycles. The van der Waals surface area contributed by atoms with Gasteiger partial charge < -0.3 is 10.1 Å². The first-order chi connectivity index (χ1) is 11.7. The average molecular weight is 368 g/mol. The summed E-state index contributed by atoms with van der Waals surface area (Å²) in [5, 5.41) is 2.93. The topological polar surface area (TPSA) is 75.7 Å². The first-order valence-corrected chi connectivity index (χ1v) is 10.5. The molecule has 25 heavy (non-hydrogen) atoms. The highest BCUT2D eigenvalue weighted by atomic mass is 32.2. The van der Waals surface area contributed by atoms with E-state index in [1.165, 1.54) is 16.1 Å². The van der Waals surface area contributed by atoms with Crippen LogP contribution in [-0.2, 0) is 14.8 Å². The number of carbonyl (C=O) groups excluding carboxylic acids is 1. The first kappa shape index (κ1) is 19.7. The monoisotopic (exact) mass is 368 g/mol. The Labute approximate surface area is 150 Å². The minimum Gasteiger partial charge on any atom is -0.491 e. The van der Waals surface area contributed by atoms with Gasteiger partial charge in [-0.2, -0.15) is 0 Å². The van der Waals surface area contributed by atoms with Crippen molar-refractivity contribution in [3.8, 4) is 5.75 Å². The summed E-state index contributed by atoms with van der Waals surface area (Å²) < 4.78 is 30.5. The third-order valence-electron chi connectivity index (χ3n) is 4.59. The molecule has 2 rings (SSSR count). The van der Waals surface area contributed by atoms with Gasteiger partial charge in [0.15, 0.2) is 0 Å². The molecule has 0 saturated carbocycles. The molecule has 1 aromatic rings. The van der Waals surface area contributed by atoms with Gasteiger partial charge in [-0.3, -0.25) is 4.79 Å². The van der Waals surface area contributed by atoms with Gasteiger partial charge in [0.2, 0.25) is 15.9 Å². The van der Waals surface area contributed by atoms with Crippen LogP contribution in [0, 0.1) is 19.8 Å². The van der Waals surface area contributed by atoms with Gasteiger partial charge in [-0.05, 0) is 56.9 Å². The zero-order valence-electron chi connectivity index (χ0n) is 15.4. The molecule has 1 heterocycles. The number of benzene rings is 1. The number of nitrogens with one attached hydrogen (secondary N) is 1. The number of nitrogens with zero attached hydrogens (tertiary/aromatic N) is 1. The van der Waals surface area contributed by atoms with Gasteiger partial charge in [0.05, 0.1) is 18.2 Å². The summed E-state index contributed by atoms with van der Waals surface area (Å²) in [6.45, 7) is 7.09. The van der Waals surface area contributed by atoms with Crippen molar-refractivity contribution in [1.82, 2.24) is 9.62 Å². The zero-order chi connectivity index (χ0) is 18.6. The lowest BCUT2D eigenvalue weighted by Gasteiger charge is -2.30. The molecule has 0 bridgehead atoms. The van der Waals surface area contributed by atoms with Crippen LogP contribution in [0.25, 0.3) is 0 Å². The summed E-state index contributed by atoms with van der Waals surface area (Å²) in [6, 6.07) is 5.76. The van der Waals surface area contributed by atoms with Crippen molar-refractivity contribution in [2.24, 2.45) is 5.92 Å². The van der Waals surface area contributed by atoms with Crippen LogP contribution in [0.2, 0.25) is 0 Å². The largest absolute Gasteiger partial charge is 0.491 e. The van der Waals surface area contributed by atoms with E-state index < -0.39 is 10.0 Å². The molecule has 7 heteroatoms. The zero-order valence-corrected chi connectivity index (χ0v) is 16.2. The summed E-state index contributed by atoms with van der Waals surface area (Å²) in [5.74, 6) is 0.377. The van der Waals surface area contributed by atoms with Gasteiger partial charge in [-0.15, -0.1) is 0 Å². The fourth-order valence-corrected chi connectivity index (χ4v) is 3.80. The van der Waals surface area contributed by atoms with E-state index in [4.69, 9.17) is 4.74 Å². The third-order valence-corrected chi connectivity index (χ3v) is 5.86. The molecule has 140 valence electrons.